The number of hydrogen-bond donors (Lipinski definition) is 0. The van der Waals surface area contributed by atoms with Crippen LogP contribution in [0.3, 0.4) is 0 Å². The van der Waals surface area contributed by atoms with E-state index >= 15 is 0 Å². The molecule has 45 heavy (non-hydrogen) atoms. The first-order chi connectivity index (χ1) is 20.6. The molecule has 4 aromatic carbocycles. The van der Waals surface area contributed by atoms with Crippen molar-refractivity contribution < 1.29 is 24.2 Å². The first-order valence-corrected chi connectivity index (χ1v) is 16.4. The van der Waals surface area contributed by atoms with Gasteiger partial charge in [-0.25, -0.2) is 6.08 Å². The van der Waals surface area contributed by atoms with Crippen LogP contribution in [-0.2, 0) is 30.7 Å². The predicted octanol–water partition coefficient (Wildman–Crippen LogP) is 12.4. The second-order valence-electron chi connectivity index (χ2n) is 10.7. The number of hydrogen-bond acceptors (Lipinski definition) is 0. The molecule has 0 N–H and O–H groups in total. The Morgan fingerprint density at radius 2 is 1.38 bits per heavy atom. The second kappa shape index (κ2) is 22.3. The van der Waals surface area contributed by atoms with Crippen molar-refractivity contribution in [3.63, 3.8) is 0 Å². The minimum atomic E-state index is 0. The van der Waals surface area contributed by atoms with Crippen LogP contribution in [0.5, 0.6) is 0 Å². The van der Waals surface area contributed by atoms with E-state index < -0.39 is 0 Å². The first-order valence-electron chi connectivity index (χ1n) is 13.9. The van der Waals surface area contributed by atoms with Gasteiger partial charge in [0.25, 0.3) is 0 Å². The third-order valence-electron chi connectivity index (χ3n) is 6.45. The molecule has 0 amide bonds. The molecule has 0 radical (unpaired) electrons. The van der Waals surface area contributed by atoms with Gasteiger partial charge < -0.3 is 0 Å². The molecule has 1 unspecified atom stereocenters. The Morgan fingerprint density at radius 1 is 0.822 bits per heavy atom. The molecule has 6 rings (SSSR count). The molecule has 236 valence electrons. The van der Waals surface area contributed by atoms with E-state index in [1.54, 1.807) is 12.1 Å². The van der Waals surface area contributed by atoms with Gasteiger partial charge in [0.1, 0.15) is 0 Å². The number of allylic oxidation sites excluding steroid dienone is 4. The fraction of sp³-hybridized carbons (Fsp3) is 0.175. The Labute approximate surface area is 309 Å². The molecule has 0 bridgehead atoms. The molecule has 0 spiro atoms. The van der Waals surface area contributed by atoms with Crippen molar-refractivity contribution in [2.24, 2.45) is 11.3 Å². The van der Waals surface area contributed by atoms with E-state index in [2.05, 4.69) is 106 Å². The van der Waals surface area contributed by atoms with Crippen molar-refractivity contribution in [2.45, 2.75) is 34.1 Å². The van der Waals surface area contributed by atoms with E-state index in [1.807, 2.05) is 54.6 Å². The Bertz CT molecular complexity index is 1420. The summed E-state index contributed by atoms with van der Waals surface area (Å²) in [5.74, 6) is 0.522. The van der Waals surface area contributed by atoms with Gasteiger partial charge in [0.2, 0.25) is 0 Å². The van der Waals surface area contributed by atoms with E-state index in [-0.39, 0.29) is 24.8 Å². The van der Waals surface area contributed by atoms with Crippen LogP contribution >= 0.6 is 48.0 Å². The molecule has 1 atom stereocenters. The van der Waals surface area contributed by atoms with Crippen LogP contribution in [0.4, 0.5) is 0 Å². The first kappa shape index (κ1) is 42.8. The van der Waals surface area contributed by atoms with Gasteiger partial charge in [-0.1, -0.05) is 91.1 Å². The standard InChI is InChI=1S/C17H13.C10H15.2C6H4Cl.CH2.2ClH.Zr/c1-3-12-5-7-14-11-15-8-6-13(4-2)10-17(15)16(14)9-12;1-8-5-6-9(7-8)10(2,3)4;2*7-6-4-2-1-3-5-6;;;;/h3-7,9-10H,1-2,11H2;6-8H,1-4H3;2*1-2,4-5H;1H2;2*1H;/q4*-1;;;;. The van der Waals surface area contributed by atoms with Gasteiger partial charge in [0.05, 0.1) is 0 Å². The number of rotatable bonds is 2. The predicted molar refractivity (Wildman–Crippen MR) is 200 cm³/mol. The second-order valence-corrected chi connectivity index (χ2v) is 11.6. The van der Waals surface area contributed by atoms with Crippen LogP contribution in [0.15, 0.2) is 110 Å². The fourth-order valence-electron chi connectivity index (χ4n) is 4.16. The number of fused-ring (bicyclic) bond motifs is 3. The molecule has 0 heterocycles. The zero-order valence-corrected chi connectivity index (χ0v) is 31.9. The fourth-order valence-corrected chi connectivity index (χ4v) is 4.43. The normalized spacial score (nSPS) is 12.8. The van der Waals surface area contributed by atoms with E-state index in [4.69, 9.17) is 23.2 Å². The van der Waals surface area contributed by atoms with Gasteiger partial charge in [-0.15, -0.1) is 48.6 Å². The summed E-state index contributed by atoms with van der Waals surface area (Å²) in [6, 6.07) is 34.1. The quantitative estimate of drug-likeness (QED) is 0.158. The molecule has 0 saturated heterocycles. The topological polar surface area (TPSA) is 0 Å². The van der Waals surface area contributed by atoms with E-state index in [0.29, 0.717) is 11.3 Å². The van der Waals surface area contributed by atoms with Gasteiger partial charge in [-0.05, 0) is 12.0 Å². The van der Waals surface area contributed by atoms with Crippen LogP contribution in [-0.4, -0.2) is 4.21 Å². The van der Waals surface area contributed by atoms with Crippen LogP contribution in [0.1, 0.15) is 49.9 Å². The molecule has 0 saturated carbocycles. The van der Waals surface area contributed by atoms with Gasteiger partial charge >= 0.3 is 28.4 Å². The van der Waals surface area contributed by atoms with Crippen LogP contribution in [0, 0.1) is 35.6 Å². The van der Waals surface area contributed by atoms with E-state index in [1.165, 1.54) is 57.6 Å². The maximum atomic E-state index is 5.51. The Morgan fingerprint density at radius 3 is 1.76 bits per heavy atom. The summed E-state index contributed by atoms with van der Waals surface area (Å²) >= 11 is 12.3. The SMILES string of the molecule is C=Cc1c[c-]c2c(c1)-c1cc(C=C)ccc1C2.CC1[C-]=CC(C(C)(C)C)=C1.Cl.Cl.Clc1c[c-]ccc1.Clc1c[c-]ccc1.[CH2]=[Zr]. The summed E-state index contributed by atoms with van der Waals surface area (Å²) < 4.78 is 3.34. The summed E-state index contributed by atoms with van der Waals surface area (Å²) in [6.45, 7) is 16.5. The van der Waals surface area contributed by atoms with Gasteiger partial charge in [0.15, 0.2) is 0 Å². The summed E-state index contributed by atoms with van der Waals surface area (Å²) in [5, 5.41) is 1.48. The van der Waals surface area contributed by atoms with Crippen molar-refractivity contribution in [1.82, 2.24) is 0 Å². The molecular weight excluding hydrogens is 713 g/mol. The van der Waals surface area contributed by atoms with Crippen molar-refractivity contribution in [2.75, 3.05) is 0 Å². The Balaban J connectivity index is 0.000000597. The molecule has 0 fully saturated rings. The molecule has 0 aromatic heterocycles. The number of benzene rings is 4. The Hall–Kier alpha value is -2.25. The van der Waals surface area contributed by atoms with Crippen molar-refractivity contribution in [3.8, 4) is 11.1 Å². The summed E-state index contributed by atoms with van der Waals surface area (Å²) in [6.07, 6.45) is 12.4. The van der Waals surface area contributed by atoms with Crippen LogP contribution < -0.4 is 0 Å². The van der Waals surface area contributed by atoms with Gasteiger partial charge in [-0.2, -0.15) is 119 Å². The molecule has 2 aliphatic carbocycles. The summed E-state index contributed by atoms with van der Waals surface area (Å²) in [4.78, 5) is 0. The zero-order valence-electron chi connectivity index (χ0n) is 26.3. The van der Waals surface area contributed by atoms with Gasteiger partial charge in [0, 0.05) is 0 Å². The van der Waals surface area contributed by atoms with E-state index in [0.717, 1.165) is 22.0 Å². The average Bonchev–Trinajstić information content (AvgIpc) is 3.63. The third kappa shape index (κ3) is 14.8. The average molecular weight is 754 g/mol. The minimum absolute atomic E-state index is 0. The van der Waals surface area contributed by atoms with Crippen molar-refractivity contribution in [3.05, 3.63) is 166 Å². The van der Waals surface area contributed by atoms with Crippen LogP contribution in [0.25, 0.3) is 23.3 Å². The molecule has 4 aromatic rings. The molecule has 2 aliphatic rings. The van der Waals surface area contributed by atoms with Crippen molar-refractivity contribution in [1.29, 1.82) is 0 Å². The van der Waals surface area contributed by atoms with Gasteiger partial charge in [-0.3, -0.25) is 6.08 Å². The molecule has 5 heteroatoms. The summed E-state index contributed by atoms with van der Waals surface area (Å²) in [7, 11) is 0. The summed E-state index contributed by atoms with van der Waals surface area (Å²) in [5.41, 5.74) is 9.28. The van der Waals surface area contributed by atoms with Crippen LogP contribution in [0.2, 0.25) is 10.0 Å². The molecule has 0 nitrogen and oxygen atoms in total. The maximum absolute atomic E-state index is 5.51. The monoisotopic (exact) mass is 750 g/mol. The van der Waals surface area contributed by atoms with Crippen molar-refractivity contribution >= 4 is 64.4 Å². The third-order valence-corrected chi connectivity index (χ3v) is 6.92. The zero-order chi connectivity index (χ0) is 31.8. The number of halogens is 4. The molecular formula is C40H40Cl4Zr-4. The Kier molecular flexibility index (Phi) is 21.2. The van der Waals surface area contributed by atoms with E-state index in [9.17, 15) is 0 Å². The molecule has 0 aliphatic heterocycles.